The Balaban J connectivity index is 2.34. The first-order chi connectivity index (χ1) is 4.83. The maximum atomic E-state index is 3.71. The van der Waals surface area contributed by atoms with E-state index in [-0.39, 0.29) is 0 Å². The molecule has 0 saturated heterocycles. The Morgan fingerprint density at radius 3 is 3.10 bits per heavy atom. The molecule has 1 nitrogen and oxygen atoms in total. The van der Waals surface area contributed by atoms with E-state index in [1.54, 1.807) is 0 Å². The fourth-order valence-electron chi connectivity index (χ4n) is 1.03. The van der Waals surface area contributed by atoms with Crippen molar-refractivity contribution in [3.63, 3.8) is 0 Å². The van der Waals surface area contributed by atoms with Crippen LogP contribution in [0.3, 0.4) is 0 Å². The molecule has 2 heteroatoms. The van der Waals surface area contributed by atoms with E-state index in [2.05, 4.69) is 40.1 Å². The summed E-state index contributed by atoms with van der Waals surface area (Å²) in [7, 11) is 0. The smallest absolute Gasteiger partial charge is 0.0176 e. The van der Waals surface area contributed by atoms with Crippen LogP contribution in [0.15, 0.2) is 22.3 Å². The third-order valence-corrected chi connectivity index (χ3v) is 2.60. The van der Waals surface area contributed by atoms with Crippen LogP contribution in [0.1, 0.15) is 6.42 Å². The number of hydrogen-bond acceptors (Lipinski definition) is 1. The zero-order chi connectivity index (χ0) is 7.40. The van der Waals surface area contributed by atoms with Gasteiger partial charge in [-0.2, -0.15) is 0 Å². The van der Waals surface area contributed by atoms with Gasteiger partial charge in [-0.15, -0.1) is 6.58 Å². The maximum absolute atomic E-state index is 3.71. The molecule has 0 aromatic carbocycles. The van der Waals surface area contributed by atoms with Crippen molar-refractivity contribution in [2.45, 2.75) is 6.42 Å². The molecule has 0 aromatic heterocycles. The number of rotatable bonds is 2. The average molecular weight is 249 g/mol. The topological polar surface area (TPSA) is 3.24 Å². The molecule has 0 saturated carbocycles. The first kappa shape index (κ1) is 8.27. The van der Waals surface area contributed by atoms with Gasteiger partial charge in [0.2, 0.25) is 0 Å². The van der Waals surface area contributed by atoms with E-state index in [0.29, 0.717) is 0 Å². The van der Waals surface area contributed by atoms with Gasteiger partial charge in [0.05, 0.1) is 0 Å². The van der Waals surface area contributed by atoms with Crippen LogP contribution in [0, 0.1) is 0 Å². The summed E-state index contributed by atoms with van der Waals surface area (Å²) >= 11 is 2.40. The van der Waals surface area contributed by atoms with E-state index in [1.165, 1.54) is 16.5 Å². The monoisotopic (exact) mass is 249 g/mol. The lowest BCUT2D eigenvalue weighted by Gasteiger charge is -2.22. The van der Waals surface area contributed by atoms with E-state index < -0.39 is 0 Å². The standard InChI is InChI=1S/C8H12IN/c1-2-5-10-6-3-8(9)4-7-10/h2-3H,1,4-7H2. The zero-order valence-electron chi connectivity index (χ0n) is 6.02. The number of hydrogen-bond donors (Lipinski definition) is 0. The van der Waals surface area contributed by atoms with Crippen molar-refractivity contribution in [3.8, 4) is 0 Å². The van der Waals surface area contributed by atoms with Crippen molar-refractivity contribution in [1.82, 2.24) is 4.90 Å². The molecule has 0 radical (unpaired) electrons. The number of nitrogens with zero attached hydrogens (tertiary/aromatic N) is 1. The van der Waals surface area contributed by atoms with Crippen LogP contribution >= 0.6 is 22.6 Å². The van der Waals surface area contributed by atoms with Gasteiger partial charge in [-0.1, -0.05) is 12.2 Å². The van der Waals surface area contributed by atoms with Gasteiger partial charge in [0.25, 0.3) is 0 Å². The summed E-state index contributed by atoms with van der Waals surface area (Å²) in [6, 6.07) is 0. The summed E-state index contributed by atoms with van der Waals surface area (Å²) in [6.45, 7) is 7.03. The van der Waals surface area contributed by atoms with Gasteiger partial charge in [0.1, 0.15) is 0 Å². The minimum atomic E-state index is 1.03. The molecule has 56 valence electrons. The molecule has 0 bridgehead atoms. The Morgan fingerprint density at radius 2 is 2.60 bits per heavy atom. The quantitative estimate of drug-likeness (QED) is 0.535. The van der Waals surface area contributed by atoms with Gasteiger partial charge in [-0.05, 0) is 32.6 Å². The Hall–Kier alpha value is 0.170. The lowest BCUT2D eigenvalue weighted by Crippen LogP contribution is -2.27. The predicted octanol–water partition coefficient (Wildman–Crippen LogP) is 2.20. The Morgan fingerprint density at radius 1 is 1.80 bits per heavy atom. The predicted molar refractivity (Wildman–Crippen MR) is 53.4 cm³/mol. The fourth-order valence-corrected chi connectivity index (χ4v) is 1.47. The lowest BCUT2D eigenvalue weighted by atomic mass is 10.2. The summed E-state index contributed by atoms with van der Waals surface area (Å²) in [5, 5.41) is 0. The first-order valence-corrected chi connectivity index (χ1v) is 4.58. The van der Waals surface area contributed by atoms with Crippen molar-refractivity contribution in [2.75, 3.05) is 19.6 Å². The van der Waals surface area contributed by atoms with Crippen molar-refractivity contribution < 1.29 is 0 Å². The summed E-state index contributed by atoms with van der Waals surface area (Å²) in [4.78, 5) is 2.38. The Kier molecular flexibility index (Phi) is 3.42. The van der Waals surface area contributed by atoms with Crippen molar-refractivity contribution in [3.05, 3.63) is 22.3 Å². The summed E-state index contributed by atoms with van der Waals surface area (Å²) in [5.74, 6) is 0. The third-order valence-electron chi connectivity index (χ3n) is 1.63. The second kappa shape index (κ2) is 4.13. The van der Waals surface area contributed by atoms with Gasteiger partial charge >= 0.3 is 0 Å². The molecule has 1 heterocycles. The van der Waals surface area contributed by atoms with Crippen LogP contribution in [0.2, 0.25) is 0 Å². The Bertz CT molecular complexity index is 151. The molecule has 10 heavy (non-hydrogen) atoms. The molecule has 1 aliphatic rings. The minimum Gasteiger partial charge on any atom is -0.296 e. The average Bonchev–Trinajstić information content (AvgIpc) is 1.95. The molecule has 1 aliphatic heterocycles. The lowest BCUT2D eigenvalue weighted by molar-refractivity contribution is 0.330. The number of halogens is 1. The highest BCUT2D eigenvalue weighted by molar-refractivity contribution is 14.1. The van der Waals surface area contributed by atoms with Gasteiger partial charge in [-0.25, -0.2) is 0 Å². The maximum Gasteiger partial charge on any atom is 0.0176 e. The van der Waals surface area contributed by atoms with E-state index in [1.807, 2.05) is 6.08 Å². The van der Waals surface area contributed by atoms with E-state index in [9.17, 15) is 0 Å². The summed E-state index contributed by atoms with van der Waals surface area (Å²) in [5.41, 5.74) is 0. The van der Waals surface area contributed by atoms with E-state index in [4.69, 9.17) is 0 Å². The molecule has 0 N–H and O–H groups in total. The van der Waals surface area contributed by atoms with Crippen LogP contribution in [0.5, 0.6) is 0 Å². The van der Waals surface area contributed by atoms with Crippen LogP contribution in [0.25, 0.3) is 0 Å². The molecule has 0 aliphatic carbocycles. The van der Waals surface area contributed by atoms with Gasteiger partial charge < -0.3 is 0 Å². The molecule has 0 atom stereocenters. The first-order valence-electron chi connectivity index (χ1n) is 3.50. The molecule has 0 amide bonds. The normalized spacial score (nSPS) is 20.3. The highest BCUT2D eigenvalue weighted by Gasteiger charge is 2.06. The van der Waals surface area contributed by atoms with Crippen molar-refractivity contribution >= 4 is 22.6 Å². The highest BCUT2D eigenvalue weighted by atomic mass is 127. The van der Waals surface area contributed by atoms with Crippen LogP contribution in [0.4, 0.5) is 0 Å². The van der Waals surface area contributed by atoms with E-state index in [0.717, 1.165) is 13.1 Å². The SMILES string of the molecule is C=CCN1CC=C(I)CC1. The minimum absolute atomic E-state index is 1.03. The fraction of sp³-hybridized carbons (Fsp3) is 0.500. The zero-order valence-corrected chi connectivity index (χ0v) is 8.17. The van der Waals surface area contributed by atoms with Gasteiger partial charge in [0, 0.05) is 19.6 Å². The molecule has 1 rings (SSSR count). The molecule has 0 unspecified atom stereocenters. The summed E-state index contributed by atoms with van der Waals surface area (Å²) < 4.78 is 1.50. The largest absolute Gasteiger partial charge is 0.296 e. The molecular weight excluding hydrogens is 237 g/mol. The van der Waals surface area contributed by atoms with Gasteiger partial charge in [-0.3, -0.25) is 4.90 Å². The molecule has 0 fully saturated rings. The molecular formula is C8H12IN. The third kappa shape index (κ3) is 2.42. The summed E-state index contributed by atoms with van der Waals surface area (Å²) in [6.07, 6.45) is 5.47. The van der Waals surface area contributed by atoms with Crippen LogP contribution in [-0.4, -0.2) is 24.5 Å². The van der Waals surface area contributed by atoms with Crippen LogP contribution in [-0.2, 0) is 0 Å². The second-order valence-corrected chi connectivity index (χ2v) is 3.83. The Labute approximate surface area is 75.9 Å². The second-order valence-electron chi connectivity index (χ2n) is 2.45. The molecule has 0 spiro atoms. The molecule has 0 aromatic rings. The van der Waals surface area contributed by atoms with Crippen molar-refractivity contribution in [1.29, 1.82) is 0 Å². The van der Waals surface area contributed by atoms with Gasteiger partial charge in [0.15, 0.2) is 0 Å². The highest BCUT2D eigenvalue weighted by Crippen LogP contribution is 2.16. The van der Waals surface area contributed by atoms with E-state index >= 15 is 0 Å². The van der Waals surface area contributed by atoms with Crippen LogP contribution < -0.4 is 0 Å². The van der Waals surface area contributed by atoms with Crippen molar-refractivity contribution in [2.24, 2.45) is 0 Å².